The van der Waals surface area contributed by atoms with Gasteiger partial charge in [0.05, 0.1) is 11.6 Å². The van der Waals surface area contributed by atoms with E-state index in [0.29, 0.717) is 0 Å². The standard InChI is InChI=1S/C20H21F2N5O2/c1-19(2)17(29)27(4)18(23)26-20(19,3)13-9-12(6-7-14(13)22)25-16(28)15-8-5-11(21)10-24-15/h5-10H,1-4H3,(H2,23,26)(H,25,28). The van der Waals surface area contributed by atoms with Crippen molar-refractivity contribution in [3.05, 3.63) is 59.4 Å². The van der Waals surface area contributed by atoms with E-state index < -0.39 is 28.5 Å². The first-order valence-corrected chi connectivity index (χ1v) is 8.84. The van der Waals surface area contributed by atoms with E-state index in [1.807, 2.05) is 0 Å². The Kier molecular flexibility index (Phi) is 4.86. The Morgan fingerprint density at radius 1 is 1.17 bits per heavy atom. The fourth-order valence-electron chi connectivity index (χ4n) is 3.25. The number of nitrogens with zero attached hydrogens (tertiary/aromatic N) is 3. The number of rotatable bonds is 3. The number of guanidine groups is 1. The Balaban J connectivity index is 2.02. The first-order valence-electron chi connectivity index (χ1n) is 8.84. The first-order chi connectivity index (χ1) is 13.5. The van der Waals surface area contributed by atoms with E-state index in [2.05, 4.69) is 15.3 Å². The minimum atomic E-state index is -1.31. The van der Waals surface area contributed by atoms with Gasteiger partial charge in [-0.3, -0.25) is 14.5 Å². The van der Waals surface area contributed by atoms with Crippen LogP contribution in [0.3, 0.4) is 0 Å². The minimum absolute atomic E-state index is 0.000510. The summed E-state index contributed by atoms with van der Waals surface area (Å²) in [5, 5.41) is 2.59. The molecule has 0 aliphatic carbocycles. The van der Waals surface area contributed by atoms with Crippen molar-refractivity contribution in [2.45, 2.75) is 26.3 Å². The Morgan fingerprint density at radius 2 is 1.86 bits per heavy atom. The highest BCUT2D eigenvalue weighted by molar-refractivity contribution is 6.03. The third kappa shape index (κ3) is 3.32. The van der Waals surface area contributed by atoms with Crippen molar-refractivity contribution in [3.63, 3.8) is 0 Å². The van der Waals surface area contributed by atoms with Crippen molar-refractivity contribution in [1.82, 2.24) is 9.88 Å². The molecule has 0 saturated carbocycles. The van der Waals surface area contributed by atoms with E-state index in [1.165, 1.54) is 36.2 Å². The Labute approximate surface area is 166 Å². The number of benzene rings is 1. The van der Waals surface area contributed by atoms with Gasteiger partial charge in [-0.1, -0.05) is 0 Å². The minimum Gasteiger partial charge on any atom is -0.369 e. The fraction of sp³-hybridized carbons (Fsp3) is 0.300. The molecule has 2 aromatic rings. The lowest BCUT2D eigenvalue weighted by atomic mass is 9.67. The first kappa shape index (κ1) is 20.4. The van der Waals surface area contributed by atoms with Crippen LogP contribution >= 0.6 is 0 Å². The number of aromatic nitrogens is 1. The molecule has 1 unspecified atom stereocenters. The number of carbonyl (C=O) groups excluding carboxylic acids is 2. The average molecular weight is 401 g/mol. The van der Waals surface area contributed by atoms with Gasteiger partial charge < -0.3 is 11.1 Å². The summed E-state index contributed by atoms with van der Waals surface area (Å²) in [4.78, 5) is 34.5. The van der Waals surface area contributed by atoms with Crippen LogP contribution in [0.1, 0.15) is 36.8 Å². The van der Waals surface area contributed by atoms with Gasteiger partial charge >= 0.3 is 0 Å². The van der Waals surface area contributed by atoms with Gasteiger partial charge in [-0.25, -0.2) is 18.8 Å². The van der Waals surface area contributed by atoms with Gasteiger partial charge in [-0.15, -0.1) is 0 Å². The summed E-state index contributed by atoms with van der Waals surface area (Å²) < 4.78 is 27.8. The Morgan fingerprint density at radius 3 is 2.48 bits per heavy atom. The number of halogens is 2. The smallest absolute Gasteiger partial charge is 0.274 e. The SMILES string of the molecule is CN1C(=O)C(C)(C)C(C)(c2cc(NC(=O)c3ccc(F)cn3)ccc2F)N=C1N. The molecule has 7 nitrogen and oxygen atoms in total. The van der Waals surface area contributed by atoms with Crippen LogP contribution in [-0.4, -0.2) is 34.7 Å². The summed E-state index contributed by atoms with van der Waals surface area (Å²) in [7, 11) is 1.51. The molecule has 29 heavy (non-hydrogen) atoms. The van der Waals surface area contributed by atoms with Crippen LogP contribution in [0, 0.1) is 17.0 Å². The summed E-state index contributed by atoms with van der Waals surface area (Å²) >= 11 is 0. The number of pyridine rings is 1. The van der Waals surface area contributed by atoms with Crippen molar-refractivity contribution in [3.8, 4) is 0 Å². The zero-order valence-electron chi connectivity index (χ0n) is 16.5. The molecule has 0 saturated heterocycles. The third-order valence-corrected chi connectivity index (χ3v) is 5.45. The Bertz CT molecular complexity index is 1020. The van der Waals surface area contributed by atoms with Crippen LogP contribution in [0.5, 0.6) is 0 Å². The molecule has 0 fully saturated rings. The summed E-state index contributed by atoms with van der Waals surface area (Å²) in [6.07, 6.45) is 0.927. The molecule has 152 valence electrons. The number of anilines is 1. The van der Waals surface area contributed by atoms with E-state index in [0.717, 1.165) is 12.3 Å². The van der Waals surface area contributed by atoms with E-state index >= 15 is 0 Å². The predicted octanol–water partition coefficient (Wildman–Crippen LogP) is 2.64. The summed E-state index contributed by atoms with van der Waals surface area (Å²) in [6, 6.07) is 6.32. The molecular formula is C20H21F2N5O2. The molecule has 1 aliphatic rings. The molecule has 1 aliphatic heterocycles. The van der Waals surface area contributed by atoms with Crippen LogP contribution in [0.25, 0.3) is 0 Å². The van der Waals surface area contributed by atoms with E-state index in [4.69, 9.17) is 5.73 Å². The molecule has 3 N–H and O–H groups in total. The van der Waals surface area contributed by atoms with Crippen LogP contribution in [0.15, 0.2) is 41.5 Å². The summed E-state index contributed by atoms with van der Waals surface area (Å²) in [6.45, 7) is 4.94. The largest absolute Gasteiger partial charge is 0.369 e. The highest BCUT2D eigenvalue weighted by atomic mass is 19.1. The molecule has 2 amide bonds. The van der Waals surface area contributed by atoms with Crippen LogP contribution in [-0.2, 0) is 10.3 Å². The van der Waals surface area contributed by atoms with Crippen molar-refractivity contribution in [2.75, 3.05) is 12.4 Å². The van der Waals surface area contributed by atoms with E-state index in [1.54, 1.807) is 20.8 Å². The second kappa shape index (κ2) is 6.91. The molecule has 3 rings (SSSR count). The second-order valence-electron chi connectivity index (χ2n) is 7.54. The maximum atomic E-state index is 14.8. The number of amides is 2. The predicted molar refractivity (Wildman–Crippen MR) is 104 cm³/mol. The number of nitrogens with one attached hydrogen (secondary N) is 1. The topological polar surface area (TPSA) is 101 Å². The molecule has 2 heterocycles. The molecule has 1 atom stereocenters. The van der Waals surface area contributed by atoms with Gasteiger partial charge in [0.15, 0.2) is 5.96 Å². The van der Waals surface area contributed by atoms with Crippen molar-refractivity contribution >= 4 is 23.5 Å². The lowest BCUT2D eigenvalue weighted by molar-refractivity contribution is -0.140. The zero-order valence-corrected chi connectivity index (χ0v) is 16.5. The number of hydrogen-bond acceptors (Lipinski definition) is 5. The summed E-state index contributed by atoms with van der Waals surface area (Å²) in [5.41, 5.74) is 3.85. The van der Waals surface area contributed by atoms with Gasteiger partial charge in [0, 0.05) is 18.3 Å². The number of hydrogen-bond donors (Lipinski definition) is 2. The van der Waals surface area contributed by atoms with Gasteiger partial charge in [0.2, 0.25) is 5.91 Å². The lowest BCUT2D eigenvalue weighted by Crippen LogP contribution is -2.58. The fourth-order valence-corrected chi connectivity index (χ4v) is 3.25. The van der Waals surface area contributed by atoms with E-state index in [9.17, 15) is 18.4 Å². The normalized spacial score (nSPS) is 21.0. The average Bonchev–Trinajstić information content (AvgIpc) is 2.67. The highest BCUT2D eigenvalue weighted by Crippen LogP contribution is 2.47. The van der Waals surface area contributed by atoms with Crippen LogP contribution in [0.4, 0.5) is 14.5 Å². The molecule has 0 bridgehead atoms. The van der Waals surface area contributed by atoms with Crippen molar-refractivity contribution in [1.29, 1.82) is 0 Å². The van der Waals surface area contributed by atoms with E-state index in [-0.39, 0.29) is 28.8 Å². The summed E-state index contributed by atoms with van der Waals surface area (Å²) in [5.74, 6) is -2.08. The maximum absolute atomic E-state index is 14.8. The second-order valence-corrected chi connectivity index (χ2v) is 7.54. The Hall–Kier alpha value is -3.36. The number of carbonyl (C=O) groups is 2. The van der Waals surface area contributed by atoms with Crippen LogP contribution < -0.4 is 11.1 Å². The van der Waals surface area contributed by atoms with Crippen molar-refractivity contribution < 1.29 is 18.4 Å². The molecule has 0 radical (unpaired) electrons. The van der Waals surface area contributed by atoms with Crippen molar-refractivity contribution in [2.24, 2.45) is 16.1 Å². The molecule has 0 spiro atoms. The number of nitrogens with two attached hydrogens (primary N) is 1. The van der Waals surface area contributed by atoms with Gasteiger partial charge in [-0.2, -0.15) is 0 Å². The monoisotopic (exact) mass is 401 g/mol. The number of aliphatic imine (C=N–C) groups is 1. The highest BCUT2D eigenvalue weighted by Gasteiger charge is 2.53. The quantitative estimate of drug-likeness (QED) is 0.826. The molecular weight excluding hydrogens is 380 g/mol. The van der Waals surface area contributed by atoms with Gasteiger partial charge in [-0.05, 0) is 51.1 Å². The molecule has 1 aromatic carbocycles. The lowest BCUT2D eigenvalue weighted by Gasteiger charge is -2.46. The zero-order chi connectivity index (χ0) is 21.6. The van der Waals surface area contributed by atoms with Crippen LogP contribution in [0.2, 0.25) is 0 Å². The molecule has 1 aromatic heterocycles. The molecule has 9 heteroatoms. The maximum Gasteiger partial charge on any atom is 0.274 e. The van der Waals surface area contributed by atoms with Gasteiger partial charge in [0.25, 0.3) is 5.91 Å². The third-order valence-electron chi connectivity index (χ3n) is 5.45. The van der Waals surface area contributed by atoms with Gasteiger partial charge in [0.1, 0.15) is 22.9 Å².